The minimum Gasteiger partial charge on any atom is -0.452 e. The molecule has 2 rings (SSSR count). The molecule has 1 saturated carbocycles. The van der Waals surface area contributed by atoms with E-state index in [0.717, 1.165) is 12.8 Å². The molecule has 0 bridgehead atoms. The first-order valence-corrected chi connectivity index (χ1v) is 8.71. The second-order valence-electron chi connectivity index (χ2n) is 6.78. The van der Waals surface area contributed by atoms with Crippen molar-refractivity contribution in [3.8, 4) is 0 Å². The predicted molar refractivity (Wildman–Crippen MR) is 95.1 cm³/mol. The fourth-order valence-corrected chi connectivity index (χ4v) is 3.18. The van der Waals surface area contributed by atoms with Gasteiger partial charge in [0.05, 0.1) is 5.56 Å². The van der Waals surface area contributed by atoms with E-state index in [9.17, 15) is 14.4 Å². The zero-order valence-electron chi connectivity index (χ0n) is 15.0. The molecule has 0 aromatic heterocycles. The molecular weight excluding hydrogens is 320 g/mol. The van der Waals surface area contributed by atoms with Crippen LogP contribution in [-0.4, -0.2) is 30.4 Å². The average Bonchev–Trinajstić information content (AvgIpc) is 2.56. The molecule has 0 unspecified atom stereocenters. The molecule has 25 heavy (non-hydrogen) atoms. The van der Waals surface area contributed by atoms with Gasteiger partial charge in [0.25, 0.3) is 5.91 Å². The normalized spacial score (nSPS) is 22.8. The number of anilines is 1. The monoisotopic (exact) mass is 346 g/mol. The minimum absolute atomic E-state index is 0.137. The Morgan fingerprint density at radius 1 is 1.20 bits per heavy atom. The summed E-state index contributed by atoms with van der Waals surface area (Å²) in [6.45, 7) is 5.43. The van der Waals surface area contributed by atoms with Crippen molar-refractivity contribution >= 4 is 23.5 Å². The molecule has 1 aliphatic carbocycles. The maximum atomic E-state index is 12.1. The van der Waals surface area contributed by atoms with Crippen molar-refractivity contribution in [2.45, 2.75) is 46.1 Å². The minimum atomic E-state index is -0.590. The molecule has 0 spiro atoms. The fraction of sp³-hybridized carbons (Fsp3) is 0.526. The Morgan fingerprint density at radius 2 is 1.96 bits per heavy atom. The van der Waals surface area contributed by atoms with Gasteiger partial charge in [0.1, 0.15) is 0 Å². The second-order valence-corrected chi connectivity index (χ2v) is 6.78. The molecular formula is C19H26N2O4. The Labute approximate surface area is 148 Å². The van der Waals surface area contributed by atoms with Crippen molar-refractivity contribution in [3.63, 3.8) is 0 Å². The molecule has 0 saturated heterocycles. The highest BCUT2D eigenvalue weighted by molar-refractivity contribution is 5.94. The Bertz CT molecular complexity index is 644. The van der Waals surface area contributed by atoms with E-state index in [4.69, 9.17) is 4.74 Å². The van der Waals surface area contributed by atoms with Crippen molar-refractivity contribution in [1.82, 2.24) is 5.32 Å². The number of rotatable bonds is 5. The van der Waals surface area contributed by atoms with E-state index in [1.165, 1.54) is 19.4 Å². The Kier molecular flexibility index (Phi) is 6.56. The van der Waals surface area contributed by atoms with E-state index in [0.29, 0.717) is 23.1 Å². The quantitative estimate of drug-likeness (QED) is 0.803. The first-order valence-electron chi connectivity index (χ1n) is 8.71. The SMILES string of the molecule is CC(=O)Nc1cccc(C(=O)OCC(=O)N[C@@H]2CCC[C@@H](C)[C@@H]2C)c1. The van der Waals surface area contributed by atoms with E-state index in [2.05, 4.69) is 24.5 Å². The maximum Gasteiger partial charge on any atom is 0.338 e. The molecule has 1 aliphatic rings. The summed E-state index contributed by atoms with van der Waals surface area (Å²) < 4.78 is 5.09. The van der Waals surface area contributed by atoms with Crippen molar-refractivity contribution < 1.29 is 19.1 Å². The lowest BCUT2D eigenvalue weighted by molar-refractivity contribution is -0.125. The fourth-order valence-electron chi connectivity index (χ4n) is 3.18. The van der Waals surface area contributed by atoms with Crippen LogP contribution in [0.3, 0.4) is 0 Å². The highest BCUT2D eigenvalue weighted by atomic mass is 16.5. The molecule has 6 heteroatoms. The lowest BCUT2D eigenvalue weighted by Gasteiger charge is -2.34. The highest BCUT2D eigenvalue weighted by Crippen LogP contribution is 2.29. The molecule has 2 amide bonds. The van der Waals surface area contributed by atoms with Gasteiger partial charge in [0, 0.05) is 18.7 Å². The summed E-state index contributed by atoms with van der Waals surface area (Å²) in [5.74, 6) is -0.0914. The predicted octanol–water partition coefficient (Wildman–Crippen LogP) is 2.74. The van der Waals surface area contributed by atoms with Gasteiger partial charge in [-0.05, 0) is 36.5 Å². The van der Waals surface area contributed by atoms with Crippen molar-refractivity contribution in [2.75, 3.05) is 11.9 Å². The maximum absolute atomic E-state index is 12.1. The van der Waals surface area contributed by atoms with Crippen LogP contribution in [0.15, 0.2) is 24.3 Å². The van der Waals surface area contributed by atoms with Crippen molar-refractivity contribution in [1.29, 1.82) is 0 Å². The first-order chi connectivity index (χ1) is 11.9. The van der Waals surface area contributed by atoms with Gasteiger partial charge >= 0.3 is 5.97 Å². The highest BCUT2D eigenvalue weighted by Gasteiger charge is 2.28. The molecule has 1 aromatic carbocycles. The summed E-state index contributed by atoms with van der Waals surface area (Å²) in [4.78, 5) is 35.2. The summed E-state index contributed by atoms with van der Waals surface area (Å²) in [6.07, 6.45) is 3.25. The Balaban J connectivity index is 1.85. The summed E-state index contributed by atoms with van der Waals surface area (Å²) in [5.41, 5.74) is 0.801. The van der Waals surface area contributed by atoms with Gasteiger partial charge in [-0.15, -0.1) is 0 Å². The molecule has 136 valence electrons. The number of amides is 2. The summed E-state index contributed by atoms with van der Waals surface area (Å²) in [7, 11) is 0. The number of carbonyl (C=O) groups is 3. The van der Waals surface area contributed by atoms with Crippen LogP contribution in [0.2, 0.25) is 0 Å². The summed E-state index contributed by atoms with van der Waals surface area (Å²) in [6, 6.07) is 6.56. The Morgan fingerprint density at radius 3 is 2.68 bits per heavy atom. The molecule has 1 fully saturated rings. The topological polar surface area (TPSA) is 84.5 Å². The zero-order chi connectivity index (χ0) is 18.4. The van der Waals surface area contributed by atoms with Crippen LogP contribution in [0.5, 0.6) is 0 Å². The van der Waals surface area contributed by atoms with E-state index < -0.39 is 5.97 Å². The van der Waals surface area contributed by atoms with Crippen LogP contribution in [0.1, 0.15) is 50.4 Å². The third-order valence-corrected chi connectivity index (χ3v) is 4.81. The van der Waals surface area contributed by atoms with Gasteiger partial charge in [-0.3, -0.25) is 9.59 Å². The van der Waals surface area contributed by atoms with E-state index in [1.807, 2.05) is 0 Å². The van der Waals surface area contributed by atoms with Crippen molar-refractivity contribution in [3.05, 3.63) is 29.8 Å². The Hall–Kier alpha value is -2.37. The van der Waals surface area contributed by atoms with Gasteiger partial charge < -0.3 is 15.4 Å². The van der Waals surface area contributed by atoms with E-state index >= 15 is 0 Å². The van der Waals surface area contributed by atoms with Crippen LogP contribution in [0, 0.1) is 11.8 Å². The number of benzene rings is 1. The third-order valence-electron chi connectivity index (χ3n) is 4.81. The van der Waals surface area contributed by atoms with Gasteiger partial charge in [0.15, 0.2) is 6.61 Å². The molecule has 0 radical (unpaired) electrons. The number of carbonyl (C=O) groups excluding carboxylic acids is 3. The largest absolute Gasteiger partial charge is 0.452 e. The average molecular weight is 346 g/mol. The molecule has 0 heterocycles. The lowest BCUT2D eigenvalue weighted by atomic mass is 9.78. The number of ether oxygens (including phenoxy) is 1. The third kappa shape index (κ3) is 5.59. The first kappa shape index (κ1) is 19.0. The lowest BCUT2D eigenvalue weighted by Crippen LogP contribution is -2.45. The molecule has 3 atom stereocenters. The van der Waals surface area contributed by atoms with E-state index in [-0.39, 0.29) is 24.5 Å². The number of hydrogen-bond donors (Lipinski definition) is 2. The zero-order valence-corrected chi connectivity index (χ0v) is 15.0. The van der Waals surface area contributed by atoms with Crippen LogP contribution in [0.25, 0.3) is 0 Å². The van der Waals surface area contributed by atoms with E-state index in [1.54, 1.807) is 18.2 Å². The number of esters is 1. The van der Waals surface area contributed by atoms with Crippen molar-refractivity contribution in [2.24, 2.45) is 11.8 Å². The van der Waals surface area contributed by atoms with Gasteiger partial charge in [0.2, 0.25) is 5.91 Å². The number of hydrogen-bond acceptors (Lipinski definition) is 4. The molecule has 6 nitrogen and oxygen atoms in total. The smallest absolute Gasteiger partial charge is 0.338 e. The van der Waals surface area contributed by atoms with Crippen LogP contribution < -0.4 is 10.6 Å². The summed E-state index contributed by atoms with van der Waals surface area (Å²) in [5, 5.41) is 5.57. The number of nitrogens with one attached hydrogen (secondary N) is 2. The molecule has 0 aliphatic heterocycles. The van der Waals surface area contributed by atoms with Crippen LogP contribution >= 0.6 is 0 Å². The van der Waals surface area contributed by atoms with Gasteiger partial charge in [-0.25, -0.2) is 4.79 Å². The van der Waals surface area contributed by atoms with Crippen LogP contribution in [-0.2, 0) is 14.3 Å². The summed E-state index contributed by atoms with van der Waals surface area (Å²) >= 11 is 0. The molecule has 2 N–H and O–H groups in total. The van der Waals surface area contributed by atoms with Gasteiger partial charge in [-0.2, -0.15) is 0 Å². The standard InChI is InChI=1S/C19H26N2O4/c1-12-6-4-9-17(13(12)2)21-18(23)11-25-19(24)15-7-5-8-16(10-15)20-14(3)22/h5,7-8,10,12-13,17H,4,6,9,11H2,1-3H3,(H,20,22)(H,21,23)/t12-,13+,17-/m1/s1. The van der Waals surface area contributed by atoms with Crippen LogP contribution in [0.4, 0.5) is 5.69 Å². The second kappa shape index (κ2) is 8.65. The molecule has 1 aromatic rings. The van der Waals surface area contributed by atoms with Gasteiger partial charge in [-0.1, -0.05) is 32.8 Å².